The van der Waals surface area contributed by atoms with E-state index in [1.807, 2.05) is 0 Å². The van der Waals surface area contributed by atoms with E-state index in [0.717, 1.165) is 52.5 Å². The molecule has 0 aromatic carbocycles. The van der Waals surface area contributed by atoms with Crippen LogP contribution < -0.4 is 0 Å². The van der Waals surface area contributed by atoms with Gasteiger partial charge < -0.3 is 14.7 Å². The molecule has 0 aromatic rings. The van der Waals surface area contributed by atoms with E-state index < -0.39 is 0 Å². The molecule has 5 nitrogen and oxygen atoms in total. The summed E-state index contributed by atoms with van der Waals surface area (Å²) in [5.74, 6) is 0.643. The van der Waals surface area contributed by atoms with Crippen molar-refractivity contribution in [3.63, 3.8) is 0 Å². The molecule has 0 aromatic heterocycles. The largest absolute Gasteiger partial charge is 0.395 e. The standard InChI is InChI=1S/C13H27N3O2/c1-14(2)9-12-10-18-11-13(12)16-5-3-15(4-6-16)7-8-17/h12-13,17H,3-11H2,1-2H3. The summed E-state index contributed by atoms with van der Waals surface area (Å²) < 4.78 is 5.68. The Morgan fingerprint density at radius 1 is 1.17 bits per heavy atom. The van der Waals surface area contributed by atoms with Gasteiger partial charge in [0.15, 0.2) is 0 Å². The second-order valence-corrected chi connectivity index (χ2v) is 5.73. The zero-order valence-corrected chi connectivity index (χ0v) is 11.7. The van der Waals surface area contributed by atoms with Crippen molar-refractivity contribution in [2.45, 2.75) is 6.04 Å². The molecule has 0 saturated carbocycles. The molecule has 5 heteroatoms. The van der Waals surface area contributed by atoms with Crippen molar-refractivity contribution in [3.05, 3.63) is 0 Å². The zero-order chi connectivity index (χ0) is 13.0. The fourth-order valence-corrected chi connectivity index (χ4v) is 3.09. The van der Waals surface area contributed by atoms with Crippen LogP contribution in [0.2, 0.25) is 0 Å². The van der Waals surface area contributed by atoms with Gasteiger partial charge in [-0.2, -0.15) is 0 Å². The number of hydrogen-bond acceptors (Lipinski definition) is 5. The van der Waals surface area contributed by atoms with Gasteiger partial charge in [-0.3, -0.25) is 9.80 Å². The minimum absolute atomic E-state index is 0.274. The summed E-state index contributed by atoms with van der Waals surface area (Å²) in [6, 6.07) is 0.587. The van der Waals surface area contributed by atoms with Gasteiger partial charge in [0.05, 0.1) is 19.8 Å². The number of hydrogen-bond donors (Lipinski definition) is 1. The number of nitrogens with zero attached hydrogens (tertiary/aromatic N) is 3. The first-order valence-electron chi connectivity index (χ1n) is 7.00. The van der Waals surface area contributed by atoms with E-state index in [0.29, 0.717) is 12.0 Å². The highest BCUT2D eigenvalue weighted by Crippen LogP contribution is 2.21. The summed E-state index contributed by atoms with van der Waals surface area (Å²) >= 11 is 0. The van der Waals surface area contributed by atoms with E-state index in [4.69, 9.17) is 9.84 Å². The third-order valence-electron chi connectivity index (χ3n) is 4.06. The molecule has 2 saturated heterocycles. The van der Waals surface area contributed by atoms with E-state index in [9.17, 15) is 0 Å². The van der Waals surface area contributed by atoms with Crippen LogP contribution >= 0.6 is 0 Å². The van der Waals surface area contributed by atoms with Crippen LogP contribution in [0.3, 0.4) is 0 Å². The molecular formula is C13H27N3O2. The molecule has 2 aliphatic heterocycles. The quantitative estimate of drug-likeness (QED) is 0.696. The minimum Gasteiger partial charge on any atom is -0.395 e. The SMILES string of the molecule is CN(C)CC1COCC1N1CCN(CCO)CC1. The maximum absolute atomic E-state index is 8.96. The summed E-state index contributed by atoms with van der Waals surface area (Å²) in [5, 5.41) is 8.96. The number of aliphatic hydroxyl groups is 1. The summed E-state index contributed by atoms with van der Waals surface area (Å²) in [6.07, 6.45) is 0. The number of β-amino-alcohol motifs (C(OH)–C–C–N with tert-alkyl or cyclic N) is 1. The van der Waals surface area contributed by atoms with E-state index in [-0.39, 0.29) is 6.61 Å². The highest BCUT2D eigenvalue weighted by atomic mass is 16.5. The van der Waals surface area contributed by atoms with Gasteiger partial charge in [0.1, 0.15) is 0 Å². The Balaban J connectivity index is 1.81. The first-order chi connectivity index (χ1) is 8.70. The Labute approximate surface area is 110 Å². The molecule has 0 spiro atoms. The lowest BCUT2D eigenvalue weighted by Gasteiger charge is -2.39. The van der Waals surface area contributed by atoms with Gasteiger partial charge >= 0.3 is 0 Å². The molecule has 0 amide bonds. The normalized spacial score (nSPS) is 31.3. The first-order valence-corrected chi connectivity index (χ1v) is 7.00. The van der Waals surface area contributed by atoms with Crippen molar-refractivity contribution >= 4 is 0 Å². The lowest BCUT2D eigenvalue weighted by atomic mass is 10.0. The Morgan fingerprint density at radius 3 is 2.50 bits per heavy atom. The van der Waals surface area contributed by atoms with Crippen LogP contribution in [0.5, 0.6) is 0 Å². The minimum atomic E-state index is 0.274. The zero-order valence-electron chi connectivity index (χ0n) is 11.7. The summed E-state index contributed by atoms with van der Waals surface area (Å²) in [4.78, 5) is 7.18. The van der Waals surface area contributed by atoms with Gasteiger partial charge in [-0.05, 0) is 14.1 Å². The number of piperazine rings is 1. The fraction of sp³-hybridized carbons (Fsp3) is 1.00. The molecule has 1 N–H and O–H groups in total. The third kappa shape index (κ3) is 3.65. The molecule has 2 fully saturated rings. The van der Waals surface area contributed by atoms with Crippen LogP contribution in [-0.2, 0) is 4.74 Å². The van der Waals surface area contributed by atoms with Crippen LogP contribution in [0.25, 0.3) is 0 Å². The van der Waals surface area contributed by atoms with Crippen molar-refractivity contribution in [2.75, 3.05) is 73.2 Å². The highest BCUT2D eigenvalue weighted by Gasteiger charge is 2.34. The van der Waals surface area contributed by atoms with E-state index >= 15 is 0 Å². The van der Waals surface area contributed by atoms with Crippen LogP contribution in [0.4, 0.5) is 0 Å². The second kappa shape index (κ2) is 6.82. The van der Waals surface area contributed by atoms with Crippen LogP contribution in [-0.4, -0.2) is 99.0 Å². The predicted octanol–water partition coefficient (Wildman–Crippen LogP) is -0.827. The lowest BCUT2D eigenvalue weighted by molar-refractivity contribution is 0.0648. The molecule has 2 unspecified atom stereocenters. The maximum Gasteiger partial charge on any atom is 0.0626 e. The molecule has 18 heavy (non-hydrogen) atoms. The van der Waals surface area contributed by atoms with E-state index in [1.54, 1.807) is 0 Å². The summed E-state index contributed by atoms with van der Waals surface area (Å²) in [7, 11) is 4.27. The predicted molar refractivity (Wildman–Crippen MR) is 71.7 cm³/mol. The van der Waals surface area contributed by atoms with Gasteiger partial charge in [-0.25, -0.2) is 0 Å². The van der Waals surface area contributed by atoms with Gasteiger partial charge in [0, 0.05) is 51.2 Å². The van der Waals surface area contributed by atoms with Gasteiger partial charge in [-0.15, -0.1) is 0 Å². The molecule has 106 valence electrons. The van der Waals surface area contributed by atoms with Crippen molar-refractivity contribution in [2.24, 2.45) is 5.92 Å². The molecule has 2 atom stereocenters. The van der Waals surface area contributed by atoms with E-state index in [2.05, 4.69) is 28.8 Å². The van der Waals surface area contributed by atoms with Crippen LogP contribution in [0.15, 0.2) is 0 Å². The lowest BCUT2D eigenvalue weighted by Crippen LogP contribution is -2.53. The van der Waals surface area contributed by atoms with Crippen LogP contribution in [0.1, 0.15) is 0 Å². The average molecular weight is 257 g/mol. The topological polar surface area (TPSA) is 39.2 Å². The Bertz CT molecular complexity index is 242. The molecule has 2 aliphatic rings. The molecule has 0 radical (unpaired) electrons. The number of aliphatic hydroxyl groups excluding tert-OH is 1. The van der Waals surface area contributed by atoms with Crippen molar-refractivity contribution < 1.29 is 9.84 Å². The smallest absolute Gasteiger partial charge is 0.0626 e. The van der Waals surface area contributed by atoms with Crippen molar-refractivity contribution in [1.82, 2.24) is 14.7 Å². The van der Waals surface area contributed by atoms with E-state index in [1.165, 1.54) is 0 Å². The van der Waals surface area contributed by atoms with Crippen molar-refractivity contribution in [1.29, 1.82) is 0 Å². The molecule has 0 aliphatic carbocycles. The molecule has 2 heterocycles. The Kier molecular flexibility index (Phi) is 5.38. The second-order valence-electron chi connectivity index (χ2n) is 5.73. The monoisotopic (exact) mass is 257 g/mol. The van der Waals surface area contributed by atoms with Crippen molar-refractivity contribution in [3.8, 4) is 0 Å². The average Bonchev–Trinajstić information content (AvgIpc) is 2.78. The molecule has 0 bridgehead atoms. The number of ether oxygens (including phenoxy) is 1. The molecular weight excluding hydrogens is 230 g/mol. The van der Waals surface area contributed by atoms with Gasteiger partial charge in [-0.1, -0.05) is 0 Å². The third-order valence-corrected chi connectivity index (χ3v) is 4.06. The highest BCUT2D eigenvalue weighted by molar-refractivity contribution is 4.87. The van der Waals surface area contributed by atoms with Gasteiger partial charge in [0.25, 0.3) is 0 Å². The first kappa shape index (κ1) is 14.2. The van der Waals surface area contributed by atoms with Crippen LogP contribution in [0, 0.1) is 5.92 Å². The Hall–Kier alpha value is -0.200. The van der Waals surface area contributed by atoms with Gasteiger partial charge in [0.2, 0.25) is 0 Å². The maximum atomic E-state index is 8.96. The Morgan fingerprint density at radius 2 is 1.89 bits per heavy atom. The fourth-order valence-electron chi connectivity index (χ4n) is 3.09. The number of rotatable bonds is 5. The summed E-state index contributed by atoms with van der Waals surface area (Å²) in [6.45, 7) is 8.36. The molecule has 2 rings (SSSR count). The summed E-state index contributed by atoms with van der Waals surface area (Å²) in [5.41, 5.74) is 0.